The third kappa shape index (κ3) is 5.29. The molecule has 0 saturated heterocycles. The van der Waals surface area contributed by atoms with E-state index in [1.54, 1.807) is 36.4 Å². The largest absolute Gasteiger partial charge is 1.00 e. The number of carbonyl (C=O) groups is 2. The van der Waals surface area contributed by atoms with Crippen molar-refractivity contribution in [3.05, 3.63) is 96.1 Å². The van der Waals surface area contributed by atoms with E-state index in [0.29, 0.717) is 0 Å². The molecule has 0 aromatic heterocycles. The Balaban J connectivity index is 0.000000261. The number of carboxylic acids is 2. The van der Waals surface area contributed by atoms with Gasteiger partial charge in [0.05, 0.1) is 11.9 Å². The summed E-state index contributed by atoms with van der Waals surface area (Å²) in [5, 5.41) is 24.7. The van der Waals surface area contributed by atoms with E-state index in [4.69, 9.17) is 0 Å². The number of rotatable bonds is 2. The van der Waals surface area contributed by atoms with Crippen LogP contribution in [-0.4, -0.2) is 11.9 Å². The molecule has 0 aliphatic rings. The smallest absolute Gasteiger partial charge is 0.545 e. The third-order valence-corrected chi connectivity index (χ3v) is 4.02. The van der Waals surface area contributed by atoms with Crippen molar-refractivity contribution in [2.75, 3.05) is 0 Å². The first-order valence-corrected chi connectivity index (χ1v) is 7.96. The maximum atomic E-state index is 10.7. The summed E-state index contributed by atoms with van der Waals surface area (Å²) in [6.07, 6.45) is 0. The van der Waals surface area contributed by atoms with E-state index in [-0.39, 0.29) is 48.8 Å². The molecule has 0 spiro atoms. The van der Waals surface area contributed by atoms with Crippen molar-refractivity contribution < 1.29 is 57.5 Å². The number of benzene rings is 4. The first-order valence-electron chi connectivity index (χ1n) is 7.96. The van der Waals surface area contributed by atoms with E-state index in [0.717, 1.165) is 21.5 Å². The first kappa shape index (κ1) is 23.6. The van der Waals surface area contributed by atoms with E-state index >= 15 is 0 Å². The van der Waals surface area contributed by atoms with Gasteiger partial charge in [0.25, 0.3) is 0 Å². The van der Waals surface area contributed by atoms with Gasteiger partial charge < -0.3 is 19.8 Å². The molecular weight excluding hydrogens is 342 g/mol. The second-order valence-corrected chi connectivity index (χ2v) is 5.63. The molecule has 0 unspecified atom stereocenters. The van der Waals surface area contributed by atoms with E-state index in [9.17, 15) is 19.8 Å². The molecule has 0 N–H and O–H groups in total. The molecule has 6 heteroatoms. The van der Waals surface area contributed by atoms with Gasteiger partial charge in [0.15, 0.2) is 0 Å². The summed E-state index contributed by atoms with van der Waals surface area (Å²) in [6.45, 7) is 0. The third-order valence-electron chi connectivity index (χ3n) is 4.02. The summed E-state index contributed by atoms with van der Waals surface area (Å²) >= 11 is 0. The van der Waals surface area contributed by atoms with Gasteiger partial charge in [-0.1, -0.05) is 84.9 Å². The van der Waals surface area contributed by atoms with Gasteiger partial charge in [0, 0.05) is 11.1 Å². The molecular formula is C22H14Li2O4. The molecule has 0 bridgehead atoms. The van der Waals surface area contributed by atoms with Gasteiger partial charge in [-0.2, -0.15) is 0 Å². The van der Waals surface area contributed by atoms with Gasteiger partial charge in [-0.15, -0.1) is 0 Å². The minimum Gasteiger partial charge on any atom is -0.545 e. The molecule has 0 aliphatic carbocycles. The average Bonchev–Trinajstić information content (AvgIpc) is 2.67. The number of aromatic carboxylic acids is 2. The fraction of sp³-hybridized carbons (Fsp3) is 0. The Morgan fingerprint density at radius 3 is 1.18 bits per heavy atom. The number of hydrogen-bond donors (Lipinski definition) is 0. The van der Waals surface area contributed by atoms with Crippen molar-refractivity contribution in [2.45, 2.75) is 0 Å². The van der Waals surface area contributed by atoms with Crippen LogP contribution in [0.2, 0.25) is 0 Å². The predicted molar refractivity (Wildman–Crippen MR) is 96.6 cm³/mol. The van der Waals surface area contributed by atoms with Crippen molar-refractivity contribution in [3.8, 4) is 0 Å². The number of hydrogen-bond acceptors (Lipinski definition) is 4. The van der Waals surface area contributed by atoms with Crippen LogP contribution in [0.3, 0.4) is 0 Å². The summed E-state index contributed by atoms with van der Waals surface area (Å²) in [7, 11) is 0. The molecule has 0 radical (unpaired) electrons. The van der Waals surface area contributed by atoms with Gasteiger partial charge in [-0.05, 0) is 21.5 Å². The molecule has 0 aliphatic heterocycles. The second-order valence-electron chi connectivity index (χ2n) is 5.63. The molecule has 4 aromatic carbocycles. The van der Waals surface area contributed by atoms with Crippen LogP contribution in [0.4, 0.5) is 0 Å². The average molecular weight is 356 g/mol. The van der Waals surface area contributed by atoms with Crippen molar-refractivity contribution in [2.24, 2.45) is 0 Å². The van der Waals surface area contributed by atoms with E-state index in [2.05, 4.69) is 0 Å². The van der Waals surface area contributed by atoms with Gasteiger partial charge in [-0.25, -0.2) is 0 Å². The number of carboxylic acid groups (broad SMARTS) is 2. The Labute approximate surface area is 186 Å². The van der Waals surface area contributed by atoms with Gasteiger partial charge in [-0.3, -0.25) is 0 Å². The molecule has 0 atom stereocenters. The van der Waals surface area contributed by atoms with Gasteiger partial charge >= 0.3 is 37.7 Å². The van der Waals surface area contributed by atoms with Crippen LogP contribution >= 0.6 is 0 Å². The predicted octanol–water partition coefficient (Wildman–Crippen LogP) is -3.59. The normalized spacial score (nSPS) is 9.43. The quantitative estimate of drug-likeness (QED) is 0.348. The Bertz CT molecular complexity index is 1010. The van der Waals surface area contributed by atoms with Crippen molar-refractivity contribution in [3.63, 3.8) is 0 Å². The molecule has 0 fully saturated rings. The van der Waals surface area contributed by atoms with Crippen LogP contribution in [0.15, 0.2) is 84.9 Å². The molecule has 0 heterocycles. The number of carbonyl (C=O) groups excluding carboxylic acids is 2. The molecule has 4 aromatic rings. The Kier molecular flexibility index (Phi) is 9.06. The molecule has 4 rings (SSSR count). The fourth-order valence-electron chi connectivity index (χ4n) is 2.81. The molecule has 4 nitrogen and oxygen atoms in total. The Morgan fingerprint density at radius 2 is 0.821 bits per heavy atom. The summed E-state index contributed by atoms with van der Waals surface area (Å²) < 4.78 is 0. The molecule has 0 saturated carbocycles. The van der Waals surface area contributed by atoms with Crippen LogP contribution in [0.1, 0.15) is 20.7 Å². The number of fused-ring (bicyclic) bond motifs is 2. The van der Waals surface area contributed by atoms with Crippen molar-refractivity contribution >= 4 is 33.5 Å². The Hall–Kier alpha value is -2.47. The van der Waals surface area contributed by atoms with Gasteiger partial charge in [0.2, 0.25) is 0 Å². The Morgan fingerprint density at radius 1 is 0.500 bits per heavy atom. The minimum atomic E-state index is -1.13. The zero-order chi connectivity index (χ0) is 18.5. The van der Waals surface area contributed by atoms with Crippen LogP contribution in [0.25, 0.3) is 21.5 Å². The minimum absolute atomic E-state index is 0. The zero-order valence-electron chi connectivity index (χ0n) is 15.7. The SMILES string of the molecule is O=C([O-])c1cccc2ccccc12.O=C([O-])c1cccc2ccccc12.[Li+].[Li+]. The zero-order valence-corrected chi connectivity index (χ0v) is 15.7. The van der Waals surface area contributed by atoms with Crippen molar-refractivity contribution in [1.29, 1.82) is 0 Å². The van der Waals surface area contributed by atoms with Crippen LogP contribution < -0.4 is 47.9 Å². The maximum Gasteiger partial charge on any atom is 1.00 e. The summed E-state index contributed by atoms with van der Waals surface area (Å²) in [6, 6.07) is 25.0. The monoisotopic (exact) mass is 356 g/mol. The van der Waals surface area contributed by atoms with Gasteiger partial charge in [0.1, 0.15) is 0 Å². The summed E-state index contributed by atoms with van der Waals surface area (Å²) in [5.74, 6) is -2.26. The van der Waals surface area contributed by atoms with Crippen LogP contribution in [0, 0.1) is 0 Å². The molecule has 28 heavy (non-hydrogen) atoms. The van der Waals surface area contributed by atoms with E-state index < -0.39 is 11.9 Å². The van der Waals surface area contributed by atoms with E-state index in [1.165, 1.54) is 0 Å². The summed E-state index contributed by atoms with van der Waals surface area (Å²) in [4.78, 5) is 21.4. The second kappa shape index (κ2) is 10.8. The topological polar surface area (TPSA) is 80.3 Å². The maximum absolute atomic E-state index is 10.7. The first-order chi connectivity index (χ1) is 12.6. The summed E-state index contributed by atoms with van der Waals surface area (Å²) in [5.41, 5.74) is 0.496. The standard InChI is InChI=1S/2C11H8O2.2Li/c2*12-11(13)10-7-3-5-8-4-1-2-6-9(8)10;;/h2*1-7H,(H,12,13);;/q;;2*+1/p-2. The fourth-order valence-corrected chi connectivity index (χ4v) is 2.81. The van der Waals surface area contributed by atoms with Crippen molar-refractivity contribution in [1.82, 2.24) is 0 Å². The van der Waals surface area contributed by atoms with E-state index in [1.807, 2.05) is 48.5 Å². The molecule has 0 amide bonds. The van der Waals surface area contributed by atoms with Crippen LogP contribution in [-0.2, 0) is 0 Å². The molecule has 128 valence electrons. The van der Waals surface area contributed by atoms with Crippen LogP contribution in [0.5, 0.6) is 0 Å².